The van der Waals surface area contributed by atoms with Gasteiger partial charge in [0.15, 0.2) is 18.4 Å². The number of rotatable bonds is 13. The zero-order valence-corrected chi connectivity index (χ0v) is 25.6. The van der Waals surface area contributed by atoms with Crippen molar-refractivity contribution in [3.63, 3.8) is 0 Å². The van der Waals surface area contributed by atoms with Crippen molar-refractivity contribution in [1.82, 2.24) is 19.7 Å². The molecule has 0 bridgehead atoms. The number of nitrogens with zero attached hydrogens (tertiary/aromatic N) is 2. The summed E-state index contributed by atoms with van der Waals surface area (Å²) in [5, 5.41) is 26.5. The summed E-state index contributed by atoms with van der Waals surface area (Å²) >= 11 is 11.4. The number of esters is 2. The van der Waals surface area contributed by atoms with Crippen LogP contribution in [-0.2, 0) is 40.1 Å². The number of aliphatic hydroxyl groups excluding tert-OH is 2. The summed E-state index contributed by atoms with van der Waals surface area (Å²) in [4.78, 5) is 40.7. The molecule has 6 atom stereocenters. The standard InChI is InChI=1S/C22H35ClF2N5O9PS/c1-9(2)37-18(33)11(5)28-40(41,29-12(6)19(34)38-10(3)4)36-8-22(20(24)25)15(32)14(31)17(39-22)30-7-13(23)16(26)27-21(30)35/h7,9-12,14-15,17,20,31-32H,8H2,1-6H3,(H2,26,27,35)(H2,28,29,41)/t11-,12-,14+,15+,17+,22+/m0/s1. The average molecular weight is 650 g/mol. The van der Waals surface area contributed by atoms with Crippen LogP contribution >= 0.6 is 18.2 Å². The smallest absolute Gasteiger partial charge is 0.351 e. The molecule has 0 aliphatic carbocycles. The van der Waals surface area contributed by atoms with Gasteiger partial charge in [-0.3, -0.25) is 14.2 Å². The van der Waals surface area contributed by atoms with Crippen LogP contribution in [0.2, 0.25) is 5.02 Å². The minimum absolute atomic E-state index is 0.242. The zero-order chi connectivity index (χ0) is 31.4. The lowest BCUT2D eigenvalue weighted by atomic mass is 9.96. The van der Waals surface area contributed by atoms with Gasteiger partial charge in [0.05, 0.1) is 23.8 Å². The molecule has 1 fully saturated rings. The van der Waals surface area contributed by atoms with Crippen LogP contribution < -0.4 is 21.6 Å². The number of carbonyl (C=O) groups is 2. The Labute approximate surface area is 245 Å². The van der Waals surface area contributed by atoms with Crippen LogP contribution in [0.5, 0.6) is 0 Å². The Balaban J connectivity index is 2.41. The summed E-state index contributed by atoms with van der Waals surface area (Å²) in [5.74, 6) is -1.85. The van der Waals surface area contributed by atoms with Gasteiger partial charge in [0.2, 0.25) is 0 Å². The van der Waals surface area contributed by atoms with E-state index in [1.165, 1.54) is 13.8 Å². The third-order valence-corrected chi connectivity index (χ3v) is 8.83. The number of nitrogens with two attached hydrogens (primary N) is 1. The third kappa shape index (κ3) is 8.61. The molecular weight excluding hydrogens is 615 g/mol. The minimum atomic E-state index is -3.82. The van der Waals surface area contributed by atoms with Gasteiger partial charge in [-0.1, -0.05) is 11.6 Å². The lowest BCUT2D eigenvalue weighted by Gasteiger charge is -2.35. The second-order valence-electron chi connectivity index (χ2n) is 9.86. The maximum absolute atomic E-state index is 14.6. The van der Waals surface area contributed by atoms with Crippen molar-refractivity contribution in [2.75, 3.05) is 12.3 Å². The van der Waals surface area contributed by atoms with Crippen molar-refractivity contribution >= 4 is 47.7 Å². The molecule has 0 saturated carbocycles. The quantitative estimate of drug-likeness (QED) is 0.149. The highest BCUT2D eigenvalue weighted by Crippen LogP contribution is 2.46. The molecule has 1 aromatic heterocycles. The summed E-state index contributed by atoms with van der Waals surface area (Å²) in [5.41, 5.74) is 1.45. The number of anilines is 1. The van der Waals surface area contributed by atoms with Gasteiger partial charge in [0.1, 0.15) is 30.1 Å². The van der Waals surface area contributed by atoms with E-state index in [4.69, 9.17) is 47.9 Å². The van der Waals surface area contributed by atoms with Gasteiger partial charge >= 0.3 is 17.6 Å². The molecule has 1 aliphatic rings. The lowest BCUT2D eigenvalue weighted by molar-refractivity contribution is -0.191. The molecule has 1 saturated heterocycles. The van der Waals surface area contributed by atoms with Gasteiger partial charge in [0.25, 0.3) is 6.43 Å². The number of halogens is 3. The number of carbonyl (C=O) groups excluding carboxylic acids is 2. The molecule has 0 aromatic carbocycles. The van der Waals surface area contributed by atoms with E-state index >= 15 is 0 Å². The van der Waals surface area contributed by atoms with Gasteiger partial charge in [-0.05, 0) is 53.3 Å². The largest absolute Gasteiger partial charge is 0.462 e. The number of ether oxygens (including phenoxy) is 3. The molecule has 0 radical (unpaired) electrons. The molecule has 2 rings (SSSR count). The highest BCUT2D eigenvalue weighted by atomic mass is 35.5. The normalized spacial score (nSPS) is 24.6. The Kier molecular flexibility index (Phi) is 12.2. The van der Waals surface area contributed by atoms with E-state index in [2.05, 4.69) is 15.2 Å². The van der Waals surface area contributed by atoms with Crippen LogP contribution in [-0.4, -0.2) is 86.8 Å². The molecule has 6 N–H and O–H groups in total. The third-order valence-electron chi connectivity index (χ3n) is 5.64. The Morgan fingerprint density at radius 1 is 1.17 bits per heavy atom. The van der Waals surface area contributed by atoms with Crippen LogP contribution in [0.3, 0.4) is 0 Å². The molecule has 1 aliphatic heterocycles. The van der Waals surface area contributed by atoms with Crippen molar-refractivity contribution < 1.29 is 47.3 Å². The highest BCUT2D eigenvalue weighted by Gasteiger charge is 2.61. The zero-order valence-electron chi connectivity index (χ0n) is 23.1. The second kappa shape index (κ2) is 14.1. The van der Waals surface area contributed by atoms with Crippen LogP contribution in [0.25, 0.3) is 0 Å². The van der Waals surface area contributed by atoms with Gasteiger partial charge in [-0.2, -0.15) is 4.98 Å². The second-order valence-corrected chi connectivity index (χ2v) is 13.7. The van der Waals surface area contributed by atoms with Gasteiger partial charge in [-0.25, -0.2) is 23.7 Å². The molecule has 0 spiro atoms. The average Bonchev–Trinajstić information content (AvgIpc) is 3.10. The predicted octanol–water partition coefficient (Wildman–Crippen LogP) is 0.834. The Hall–Kier alpha value is -1.82. The SMILES string of the molecule is CC(C)OC(=O)[C@H](C)NP(=S)(N[C@@H](C)C(=O)OC(C)C)OC[C@@]1(C(F)F)O[C@@H](n2cc(Cl)c(N)nc2=O)[C@H](O)[C@H]1O. The fourth-order valence-electron chi connectivity index (χ4n) is 3.62. The summed E-state index contributed by atoms with van der Waals surface area (Å²) in [7, 11) is 0. The number of aromatic nitrogens is 2. The van der Waals surface area contributed by atoms with E-state index in [1.807, 2.05) is 0 Å². The Bertz CT molecular complexity index is 1180. The molecule has 19 heteroatoms. The van der Waals surface area contributed by atoms with E-state index in [9.17, 15) is 33.4 Å². The van der Waals surface area contributed by atoms with E-state index in [0.717, 1.165) is 6.20 Å². The van der Waals surface area contributed by atoms with Crippen molar-refractivity contribution in [1.29, 1.82) is 0 Å². The van der Waals surface area contributed by atoms with E-state index in [0.29, 0.717) is 4.57 Å². The van der Waals surface area contributed by atoms with Crippen LogP contribution in [0.15, 0.2) is 11.0 Å². The highest BCUT2D eigenvalue weighted by molar-refractivity contribution is 8.10. The number of nitrogen functional groups attached to an aromatic ring is 1. The number of alkyl halides is 2. The Morgan fingerprint density at radius 2 is 1.66 bits per heavy atom. The van der Waals surface area contributed by atoms with Crippen LogP contribution in [0.1, 0.15) is 47.8 Å². The number of aliphatic hydroxyl groups is 2. The minimum Gasteiger partial charge on any atom is -0.462 e. The van der Waals surface area contributed by atoms with Gasteiger partial charge in [-0.15, -0.1) is 0 Å². The molecular formula is C22H35ClF2N5O9PS. The van der Waals surface area contributed by atoms with Crippen molar-refractivity contribution in [2.24, 2.45) is 0 Å². The number of hydrogen-bond acceptors (Lipinski definition) is 12. The predicted molar refractivity (Wildman–Crippen MR) is 147 cm³/mol. The van der Waals surface area contributed by atoms with Crippen molar-refractivity contribution in [3.8, 4) is 0 Å². The molecule has 41 heavy (non-hydrogen) atoms. The maximum Gasteiger partial charge on any atom is 0.351 e. The molecule has 2 heterocycles. The van der Waals surface area contributed by atoms with Gasteiger partial charge < -0.3 is 34.7 Å². The Morgan fingerprint density at radius 3 is 2.10 bits per heavy atom. The summed E-state index contributed by atoms with van der Waals surface area (Å²) in [6, 6.07) is -2.28. The summed E-state index contributed by atoms with van der Waals surface area (Å²) in [6.07, 6.45) is -9.83. The first-order valence-electron chi connectivity index (χ1n) is 12.4. The van der Waals surface area contributed by atoms with Crippen molar-refractivity contribution in [3.05, 3.63) is 21.7 Å². The first kappa shape index (κ1) is 35.4. The first-order chi connectivity index (χ1) is 18.8. The fraction of sp³-hybridized carbons (Fsp3) is 0.727. The molecule has 0 amide bonds. The summed E-state index contributed by atoms with van der Waals surface area (Å²) in [6.45, 7) is 4.22. The van der Waals surface area contributed by atoms with E-state index in [1.54, 1.807) is 27.7 Å². The molecule has 0 unspecified atom stereocenters. The fourth-order valence-corrected chi connectivity index (χ4v) is 6.71. The first-order valence-corrected chi connectivity index (χ1v) is 15.5. The van der Waals surface area contributed by atoms with E-state index in [-0.39, 0.29) is 10.8 Å². The molecule has 234 valence electrons. The number of hydrogen-bond donors (Lipinski definition) is 5. The van der Waals surface area contributed by atoms with Crippen LogP contribution in [0.4, 0.5) is 14.6 Å². The van der Waals surface area contributed by atoms with E-state index < -0.39 is 85.6 Å². The van der Waals surface area contributed by atoms with Crippen molar-refractivity contribution in [2.45, 2.75) is 96.3 Å². The topological polar surface area (TPSA) is 196 Å². The summed E-state index contributed by atoms with van der Waals surface area (Å²) < 4.78 is 51.0. The van der Waals surface area contributed by atoms with Crippen LogP contribution in [0, 0.1) is 0 Å². The van der Waals surface area contributed by atoms with Gasteiger partial charge in [0, 0.05) is 6.20 Å². The molecule has 14 nitrogen and oxygen atoms in total. The monoisotopic (exact) mass is 649 g/mol. The lowest BCUT2D eigenvalue weighted by Crippen LogP contribution is -2.53. The molecule has 1 aromatic rings. The number of nitrogens with one attached hydrogen (secondary N) is 2. The maximum atomic E-state index is 14.6.